The molecule has 2 rings (SSSR count). The Kier molecular flexibility index (Phi) is 8.60. The largest absolute Gasteiger partial charge is 0.329 e. The fourth-order valence-corrected chi connectivity index (χ4v) is 2.25. The van der Waals surface area contributed by atoms with E-state index in [4.69, 9.17) is 5.73 Å². The average Bonchev–Trinajstić information content (AvgIpc) is 2.74. The summed E-state index contributed by atoms with van der Waals surface area (Å²) in [6.07, 6.45) is 6.45. The second-order valence-corrected chi connectivity index (χ2v) is 4.30. The van der Waals surface area contributed by atoms with Crippen molar-refractivity contribution in [2.24, 2.45) is 11.7 Å². The van der Waals surface area contributed by atoms with Crippen molar-refractivity contribution in [2.45, 2.75) is 19.4 Å². The number of aromatic nitrogens is 2. The van der Waals surface area contributed by atoms with Gasteiger partial charge < -0.3 is 10.6 Å². The van der Waals surface area contributed by atoms with E-state index in [1.807, 2.05) is 23.1 Å². The van der Waals surface area contributed by atoms with Crippen molar-refractivity contribution >= 4 is 24.8 Å². The molecule has 1 aromatic rings. The van der Waals surface area contributed by atoms with Crippen molar-refractivity contribution in [3.05, 3.63) is 18.5 Å². The van der Waals surface area contributed by atoms with E-state index in [0.717, 1.165) is 25.6 Å². The molecule has 0 bridgehead atoms. The maximum Gasteiger partial charge on any atom is 0.0489 e. The van der Waals surface area contributed by atoms with Crippen molar-refractivity contribution in [1.29, 1.82) is 0 Å². The van der Waals surface area contributed by atoms with Gasteiger partial charge in [-0.05, 0) is 37.9 Å². The number of halogens is 2. The SMILES string of the molecule is Cl.Cl.NCCN1CCC(Cn2cccn2)CC1. The fourth-order valence-electron chi connectivity index (χ4n) is 2.25. The molecule has 0 unspecified atom stereocenters. The number of likely N-dealkylation sites (tertiary alicyclic amines) is 1. The minimum absolute atomic E-state index is 0. The summed E-state index contributed by atoms with van der Waals surface area (Å²) in [4.78, 5) is 2.46. The third-order valence-corrected chi connectivity index (χ3v) is 3.16. The van der Waals surface area contributed by atoms with Gasteiger partial charge in [0, 0.05) is 32.0 Å². The third-order valence-electron chi connectivity index (χ3n) is 3.16. The highest BCUT2D eigenvalue weighted by molar-refractivity contribution is 5.85. The van der Waals surface area contributed by atoms with Gasteiger partial charge in [-0.1, -0.05) is 0 Å². The van der Waals surface area contributed by atoms with E-state index >= 15 is 0 Å². The van der Waals surface area contributed by atoms with E-state index in [-0.39, 0.29) is 24.8 Å². The Morgan fingerprint density at radius 2 is 1.94 bits per heavy atom. The molecule has 2 N–H and O–H groups in total. The first-order valence-corrected chi connectivity index (χ1v) is 5.78. The van der Waals surface area contributed by atoms with Crippen LogP contribution in [-0.2, 0) is 6.54 Å². The summed E-state index contributed by atoms with van der Waals surface area (Å²) in [5, 5.41) is 4.25. The van der Waals surface area contributed by atoms with Crippen LogP contribution in [0.5, 0.6) is 0 Å². The zero-order valence-electron chi connectivity index (χ0n) is 9.99. The van der Waals surface area contributed by atoms with Crippen LogP contribution < -0.4 is 5.73 Å². The Morgan fingerprint density at radius 1 is 1.24 bits per heavy atom. The number of nitrogens with zero attached hydrogens (tertiary/aromatic N) is 3. The predicted molar refractivity (Wildman–Crippen MR) is 74.9 cm³/mol. The molecule has 2 heterocycles. The molecule has 0 aromatic carbocycles. The lowest BCUT2D eigenvalue weighted by Crippen LogP contribution is -2.38. The average molecular weight is 281 g/mol. The van der Waals surface area contributed by atoms with Crippen LogP contribution in [-0.4, -0.2) is 40.9 Å². The predicted octanol–water partition coefficient (Wildman–Crippen LogP) is 1.40. The fraction of sp³-hybridized carbons (Fsp3) is 0.727. The zero-order chi connectivity index (χ0) is 10.5. The number of hydrogen-bond donors (Lipinski definition) is 1. The molecule has 0 radical (unpaired) electrons. The molecular weight excluding hydrogens is 259 g/mol. The van der Waals surface area contributed by atoms with Crippen LogP contribution in [0.1, 0.15) is 12.8 Å². The summed E-state index contributed by atoms with van der Waals surface area (Å²) in [7, 11) is 0. The molecule has 1 aliphatic rings. The highest BCUT2D eigenvalue weighted by atomic mass is 35.5. The molecule has 0 atom stereocenters. The molecule has 0 spiro atoms. The summed E-state index contributed by atoms with van der Waals surface area (Å²) in [5.74, 6) is 0.791. The van der Waals surface area contributed by atoms with Crippen LogP contribution in [0.3, 0.4) is 0 Å². The molecule has 1 fully saturated rings. The van der Waals surface area contributed by atoms with Gasteiger partial charge in [-0.15, -0.1) is 24.8 Å². The molecule has 1 saturated heterocycles. The Labute approximate surface area is 115 Å². The minimum atomic E-state index is 0. The molecule has 100 valence electrons. The standard InChI is InChI=1S/C11H20N4.2ClH/c12-4-9-14-7-2-11(3-8-14)10-15-6-1-5-13-15;;/h1,5-6,11H,2-4,7-10,12H2;2*1H. The molecule has 6 heteroatoms. The van der Waals surface area contributed by atoms with Crippen LogP contribution >= 0.6 is 24.8 Å². The lowest BCUT2D eigenvalue weighted by molar-refractivity contribution is 0.175. The maximum absolute atomic E-state index is 5.55. The second kappa shape index (κ2) is 8.75. The van der Waals surface area contributed by atoms with E-state index in [9.17, 15) is 0 Å². The van der Waals surface area contributed by atoms with Gasteiger partial charge in [-0.2, -0.15) is 5.10 Å². The number of piperidine rings is 1. The van der Waals surface area contributed by atoms with Gasteiger partial charge in [0.05, 0.1) is 0 Å². The molecule has 4 nitrogen and oxygen atoms in total. The third kappa shape index (κ3) is 5.25. The first-order chi connectivity index (χ1) is 7.38. The Hall–Kier alpha value is -0.290. The van der Waals surface area contributed by atoms with Gasteiger partial charge in [0.1, 0.15) is 0 Å². The van der Waals surface area contributed by atoms with Gasteiger partial charge in [0.15, 0.2) is 0 Å². The van der Waals surface area contributed by atoms with Crippen LogP contribution in [0.4, 0.5) is 0 Å². The van der Waals surface area contributed by atoms with Gasteiger partial charge >= 0.3 is 0 Å². The van der Waals surface area contributed by atoms with Gasteiger partial charge in [0.2, 0.25) is 0 Å². The smallest absolute Gasteiger partial charge is 0.0489 e. The van der Waals surface area contributed by atoms with Crippen molar-refractivity contribution in [2.75, 3.05) is 26.2 Å². The second-order valence-electron chi connectivity index (χ2n) is 4.30. The number of hydrogen-bond acceptors (Lipinski definition) is 3. The maximum atomic E-state index is 5.55. The van der Waals surface area contributed by atoms with Crippen LogP contribution in [0.2, 0.25) is 0 Å². The summed E-state index contributed by atoms with van der Waals surface area (Å²) < 4.78 is 2.04. The highest BCUT2D eigenvalue weighted by Crippen LogP contribution is 2.18. The van der Waals surface area contributed by atoms with Crippen molar-refractivity contribution < 1.29 is 0 Å². The molecular formula is C11H22Cl2N4. The summed E-state index contributed by atoms with van der Waals surface area (Å²) >= 11 is 0. The first kappa shape index (κ1) is 16.7. The number of nitrogens with two attached hydrogens (primary N) is 1. The number of rotatable bonds is 4. The molecule has 0 saturated carbocycles. The molecule has 1 aromatic heterocycles. The Bertz CT molecular complexity index is 271. The minimum Gasteiger partial charge on any atom is -0.329 e. The summed E-state index contributed by atoms with van der Waals surface area (Å²) in [6.45, 7) is 5.30. The van der Waals surface area contributed by atoms with Crippen molar-refractivity contribution in [3.63, 3.8) is 0 Å². The van der Waals surface area contributed by atoms with E-state index in [0.29, 0.717) is 0 Å². The lowest BCUT2D eigenvalue weighted by Gasteiger charge is -2.31. The quantitative estimate of drug-likeness (QED) is 0.907. The molecule has 0 aliphatic carbocycles. The van der Waals surface area contributed by atoms with Crippen molar-refractivity contribution in [1.82, 2.24) is 14.7 Å². The highest BCUT2D eigenvalue weighted by Gasteiger charge is 2.18. The van der Waals surface area contributed by atoms with E-state index < -0.39 is 0 Å². The first-order valence-electron chi connectivity index (χ1n) is 5.78. The van der Waals surface area contributed by atoms with Crippen molar-refractivity contribution in [3.8, 4) is 0 Å². The molecule has 0 amide bonds. The normalized spacial score (nSPS) is 17.2. The summed E-state index contributed by atoms with van der Waals surface area (Å²) in [5.41, 5.74) is 5.55. The zero-order valence-corrected chi connectivity index (χ0v) is 11.6. The molecule has 17 heavy (non-hydrogen) atoms. The van der Waals surface area contributed by atoms with E-state index in [1.54, 1.807) is 0 Å². The van der Waals surface area contributed by atoms with Crippen LogP contribution in [0, 0.1) is 5.92 Å². The Balaban J connectivity index is 0.00000128. The van der Waals surface area contributed by atoms with Gasteiger partial charge in [-0.25, -0.2) is 0 Å². The van der Waals surface area contributed by atoms with Crippen LogP contribution in [0.15, 0.2) is 18.5 Å². The summed E-state index contributed by atoms with van der Waals surface area (Å²) in [6, 6.07) is 1.99. The van der Waals surface area contributed by atoms with E-state index in [2.05, 4.69) is 10.00 Å². The van der Waals surface area contributed by atoms with Crippen LogP contribution in [0.25, 0.3) is 0 Å². The van der Waals surface area contributed by atoms with Gasteiger partial charge in [-0.3, -0.25) is 4.68 Å². The topological polar surface area (TPSA) is 47.1 Å². The lowest BCUT2D eigenvalue weighted by atomic mass is 9.97. The Morgan fingerprint density at radius 3 is 2.47 bits per heavy atom. The monoisotopic (exact) mass is 280 g/mol. The molecule has 1 aliphatic heterocycles. The van der Waals surface area contributed by atoms with Gasteiger partial charge in [0.25, 0.3) is 0 Å². The van der Waals surface area contributed by atoms with E-state index in [1.165, 1.54) is 25.9 Å².